The smallest absolute Gasteiger partial charge is 0.249 e. The lowest BCUT2D eigenvalue weighted by atomic mass is 9.40. The van der Waals surface area contributed by atoms with Crippen molar-refractivity contribution in [3.8, 4) is 0 Å². The number of aliphatic hydroxyl groups is 1. The zero-order chi connectivity index (χ0) is 31.6. The maximum atomic E-state index is 12.6. The van der Waals surface area contributed by atoms with E-state index >= 15 is 0 Å². The Morgan fingerprint density at radius 1 is 0.767 bits per heavy atom. The Balaban J connectivity index is 0.000000149. The van der Waals surface area contributed by atoms with Crippen LogP contribution in [0.1, 0.15) is 83.1 Å². The van der Waals surface area contributed by atoms with Crippen molar-refractivity contribution in [2.45, 2.75) is 113 Å². The van der Waals surface area contributed by atoms with Crippen LogP contribution in [0.3, 0.4) is 0 Å². The summed E-state index contributed by atoms with van der Waals surface area (Å²) >= 11 is 0. The van der Waals surface area contributed by atoms with E-state index in [0.717, 1.165) is 0 Å². The molecule has 5 heterocycles. The third-order valence-electron chi connectivity index (χ3n) is 13.2. The molecular formula is C33H53BN3O6. The molecule has 0 aromatic carbocycles. The van der Waals surface area contributed by atoms with Crippen molar-refractivity contribution in [3.63, 3.8) is 0 Å². The Morgan fingerprint density at radius 3 is 1.84 bits per heavy atom. The van der Waals surface area contributed by atoms with E-state index in [0.29, 0.717) is 37.0 Å². The highest BCUT2D eigenvalue weighted by Crippen LogP contribution is 2.70. The first kappa shape index (κ1) is 34.0. The van der Waals surface area contributed by atoms with E-state index in [1.807, 2.05) is 38.7 Å². The van der Waals surface area contributed by atoms with Gasteiger partial charge in [-0.1, -0.05) is 61.5 Å². The summed E-state index contributed by atoms with van der Waals surface area (Å²) in [6.45, 7) is 27.0. The maximum absolute atomic E-state index is 12.6. The van der Waals surface area contributed by atoms with Gasteiger partial charge in [0.25, 0.3) is 0 Å². The Kier molecular flexibility index (Phi) is 7.94. The number of hydrogen-bond acceptors (Lipinski definition) is 6. The third kappa shape index (κ3) is 4.39. The number of amides is 3. The summed E-state index contributed by atoms with van der Waals surface area (Å²) in [5.41, 5.74) is -0.321. The molecule has 0 spiro atoms. The highest BCUT2D eigenvalue weighted by molar-refractivity contribution is 5.91. The number of carbonyl (C=O) groups excluding carboxylic acids is 3. The van der Waals surface area contributed by atoms with E-state index in [4.69, 9.17) is 9.47 Å². The summed E-state index contributed by atoms with van der Waals surface area (Å²) in [7, 11) is 0. The van der Waals surface area contributed by atoms with Crippen molar-refractivity contribution in [1.82, 2.24) is 15.1 Å². The largest absolute Gasteiger partial charge is 0.394 e. The Morgan fingerprint density at radius 2 is 1.28 bits per heavy atom. The van der Waals surface area contributed by atoms with Crippen molar-refractivity contribution in [2.24, 2.45) is 45.3 Å². The first-order valence-electron chi connectivity index (χ1n) is 15.6. The fraction of sp³-hybridized carbons (Fsp3) is 0.848. The minimum atomic E-state index is -0.411. The lowest BCUT2D eigenvalue weighted by Crippen LogP contribution is -2.62. The molecule has 5 aliphatic heterocycles. The van der Waals surface area contributed by atoms with Gasteiger partial charge in [0.05, 0.1) is 37.9 Å². The van der Waals surface area contributed by atoms with Crippen molar-refractivity contribution in [1.29, 1.82) is 0 Å². The zero-order valence-electron chi connectivity index (χ0n) is 28.3. The van der Waals surface area contributed by atoms with Crippen LogP contribution in [0.4, 0.5) is 0 Å². The summed E-state index contributed by atoms with van der Waals surface area (Å²) < 4.78 is 11.2. The summed E-state index contributed by atoms with van der Waals surface area (Å²) in [6.07, 6.45) is 3.52. The quantitative estimate of drug-likeness (QED) is 0.449. The van der Waals surface area contributed by atoms with E-state index < -0.39 is 11.4 Å². The number of nitrogens with zero attached hydrogens (tertiary/aromatic N) is 2. The lowest BCUT2D eigenvalue weighted by molar-refractivity contribution is -0.176. The van der Waals surface area contributed by atoms with Gasteiger partial charge >= 0.3 is 0 Å². The second kappa shape index (κ2) is 10.0. The summed E-state index contributed by atoms with van der Waals surface area (Å²) in [5.74, 6) is 1.56. The minimum absolute atomic E-state index is 0. The fourth-order valence-corrected chi connectivity index (χ4v) is 9.46. The molecule has 3 amide bonds. The van der Waals surface area contributed by atoms with E-state index in [1.54, 1.807) is 11.0 Å². The van der Waals surface area contributed by atoms with Crippen LogP contribution in [0, 0.1) is 45.3 Å². The molecule has 7 aliphatic rings. The van der Waals surface area contributed by atoms with Crippen LogP contribution < -0.4 is 5.32 Å². The Labute approximate surface area is 260 Å². The van der Waals surface area contributed by atoms with Gasteiger partial charge in [-0.3, -0.25) is 14.4 Å². The number of fused-ring (bicyclic) bond motifs is 5. The molecule has 2 saturated carbocycles. The summed E-state index contributed by atoms with van der Waals surface area (Å²) in [6, 6.07) is 0.443. The number of carbonyl (C=O) groups is 3. The summed E-state index contributed by atoms with van der Waals surface area (Å²) in [5, 5.41) is 12.1. The maximum Gasteiger partial charge on any atom is 0.249 e. The fourth-order valence-electron chi connectivity index (χ4n) is 9.46. The molecule has 6 fully saturated rings. The van der Waals surface area contributed by atoms with Crippen LogP contribution in [0.25, 0.3) is 0 Å². The lowest BCUT2D eigenvalue weighted by Gasteiger charge is -2.62. The van der Waals surface area contributed by atoms with E-state index in [1.165, 1.54) is 0 Å². The highest BCUT2D eigenvalue weighted by Gasteiger charge is 2.74. The van der Waals surface area contributed by atoms with Crippen LogP contribution >= 0.6 is 0 Å². The van der Waals surface area contributed by atoms with Gasteiger partial charge in [-0.05, 0) is 61.2 Å². The number of hydrogen-bond donors (Lipinski definition) is 2. The van der Waals surface area contributed by atoms with Crippen LogP contribution in [-0.2, 0) is 23.9 Å². The molecule has 2 N–H and O–H groups in total. The van der Waals surface area contributed by atoms with Crippen molar-refractivity contribution >= 4 is 26.1 Å². The van der Waals surface area contributed by atoms with E-state index in [-0.39, 0.29) is 72.4 Å². The Bertz CT molecular complexity index is 1210. The Hall–Kier alpha value is -1.91. The SMILES string of the molecule is CC1(C)C2C(=O)NC(CO)C2C1(C)C.CC1(C)OCC2C3C(C(=O)N21)C(C)(C)C3(C)C.CC1(C)OCC2C=CC(=O)N21.[B]. The van der Waals surface area contributed by atoms with Crippen molar-refractivity contribution < 1.29 is 29.0 Å². The molecule has 0 aromatic heterocycles. The predicted molar refractivity (Wildman–Crippen MR) is 164 cm³/mol. The van der Waals surface area contributed by atoms with Crippen LogP contribution in [0.5, 0.6) is 0 Å². The van der Waals surface area contributed by atoms with E-state index in [2.05, 4.69) is 60.7 Å². The predicted octanol–water partition coefficient (Wildman–Crippen LogP) is 3.18. The van der Waals surface area contributed by atoms with Crippen LogP contribution in [0.15, 0.2) is 12.2 Å². The molecular weight excluding hydrogens is 545 g/mol. The molecule has 9 nitrogen and oxygen atoms in total. The highest BCUT2D eigenvalue weighted by atomic mass is 16.5. The number of nitrogens with one attached hydrogen (secondary N) is 1. The molecule has 4 saturated heterocycles. The second-order valence-corrected chi connectivity index (χ2v) is 16.6. The van der Waals surface area contributed by atoms with Crippen molar-refractivity contribution in [3.05, 3.63) is 12.2 Å². The molecule has 2 aliphatic carbocycles. The van der Waals surface area contributed by atoms with Gasteiger partial charge in [-0.25, -0.2) is 0 Å². The molecule has 0 aromatic rings. The monoisotopic (exact) mass is 598 g/mol. The number of ether oxygens (including phenoxy) is 2. The van der Waals surface area contributed by atoms with E-state index in [9.17, 15) is 19.5 Å². The van der Waals surface area contributed by atoms with Gasteiger partial charge in [0.2, 0.25) is 17.7 Å². The standard InChI is InChI=1S/C14H23NO2.C11H19NO2.C8H11NO2.B/c1-12(2)9-8-7-17-14(5,6)15(8)11(16)10(9)13(12,3)4;1-10(2)7-6(5-13)12-9(14)8(7)11(10,3)4;1-8(2)9-6(5-11-8)3-4-7(9)10;/h8-10H,7H2,1-6H3;6-8,13H,5H2,1-4H3,(H,12,14);3-4,6H,5H2,1-2H3;. The first-order valence-corrected chi connectivity index (χ1v) is 15.6. The van der Waals surface area contributed by atoms with Gasteiger partial charge in [-0.15, -0.1) is 0 Å². The number of rotatable bonds is 1. The molecule has 0 bridgehead atoms. The molecule has 43 heavy (non-hydrogen) atoms. The minimum Gasteiger partial charge on any atom is -0.394 e. The average molecular weight is 599 g/mol. The molecule has 7 rings (SSSR count). The molecule has 7 unspecified atom stereocenters. The molecule has 10 heteroatoms. The first-order chi connectivity index (χ1) is 19.1. The molecule has 3 radical (unpaired) electrons. The third-order valence-corrected chi connectivity index (χ3v) is 13.2. The van der Waals surface area contributed by atoms with Gasteiger partial charge in [-0.2, -0.15) is 0 Å². The second-order valence-electron chi connectivity index (χ2n) is 16.6. The number of aliphatic hydroxyl groups excluding tert-OH is 1. The molecule has 7 atom stereocenters. The summed E-state index contributed by atoms with van der Waals surface area (Å²) in [4.78, 5) is 39.3. The van der Waals surface area contributed by atoms with Crippen LogP contribution in [-0.4, -0.2) is 90.4 Å². The normalized spacial score (nSPS) is 39.8. The zero-order valence-corrected chi connectivity index (χ0v) is 28.3. The van der Waals surface area contributed by atoms with Gasteiger partial charge in [0.1, 0.15) is 11.4 Å². The van der Waals surface area contributed by atoms with Gasteiger partial charge < -0.3 is 29.7 Å². The van der Waals surface area contributed by atoms with Gasteiger partial charge in [0, 0.05) is 26.3 Å². The van der Waals surface area contributed by atoms with Crippen molar-refractivity contribution in [2.75, 3.05) is 19.8 Å². The molecule has 239 valence electrons. The van der Waals surface area contributed by atoms with Gasteiger partial charge in [0.15, 0.2) is 0 Å². The average Bonchev–Trinajstić information content (AvgIpc) is 3.64. The topological polar surface area (TPSA) is 108 Å². The van der Waals surface area contributed by atoms with Crippen LogP contribution in [0.2, 0.25) is 0 Å².